The molecule has 0 saturated heterocycles. The Balaban J connectivity index is 0.000000163. The lowest BCUT2D eigenvalue weighted by Crippen LogP contribution is -2.34. The van der Waals surface area contributed by atoms with Crippen molar-refractivity contribution in [1.29, 1.82) is 0 Å². The van der Waals surface area contributed by atoms with E-state index in [4.69, 9.17) is 23.2 Å². The lowest BCUT2D eigenvalue weighted by atomic mass is 9.97. The highest BCUT2D eigenvalue weighted by Gasteiger charge is 2.25. The van der Waals surface area contributed by atoms with Crippen molar-refractivity contribution in [3.63, 3.8) is 0 Å². The van der Waals surface area contributed by atoms with Crippen molar-refractivity contribution in [3.05, 3.63) is 109 Å². The summed E-state index contributed by atoms with van der Waals surface area (Å²) in [5, 5.41) is 7.19. The molecule has 0 spiro atoms. The Morgan fingerprint density at radius 3 is 1.90 bits per heavy atom. The van der Waals surface area contributed by atoms with Crippen molar-refractivity contribution in [2.24, 2.45) is 0 Å². The van der Waals surface area contributed by atoms with Crippen molar-refractivity contribution in [2.45, 2.75) is 12.8 Å². The molecule has 0 saturated carbocycles. The van der Waals surface area contributed by atoms with Crippen LogP contribution in [0, 0.1) is 11.6 Å². The number of allylic oxidation sites excluding steroid dienone is 2. The highest BCUT2D eigenvalue weighted by Crippen LogP contribution is 2.61. The van der Waals surface area contributed by atoms with Crippen LogP contribution in [0.3, 0.4) is 0 Å². The lowest BCUT2D eigenvalue weighted by Gasteiger charge is -2.13. The molecule has 6 nitrogen and oxygen atoms in total. The van der Waals surface area contributed by atoms with E-state index in [0.717, 1.165) is 22.3 Å². The lowest BCUT2D eigenvalue weighted by molar-refractivity contribution is -0.122. The van der Waals surface area contributed by atoms with Crippen LogP contribution in [0.1, 0.15) is 27.8 Å². The van der Waals surface area contributed by atoms with Gasteiger partial charge in [-0.25, -0.2) is 8.78 Å². The Bertz CT molecular complexity index is 1700. The van der Waals surface area contributed by atoms with Gasteiger partial charge < -0.3 is 5.32 Å². The van der Waals surface area contributed by atoms with Crippen molar-refractivity contribution < 1.29 is 22.9 Å². The third-order valence-electron chi connectivity index (χ3n) is 6.10. The highest BCUT2D eigenvalue weighted by molar-refractivity contribution is 8.24. The van der Waals surface area contributed by atoms with Gasteiger partial charge in [-0.3, -0.25) is 14.2 Å². The van der Waals surface area contributed by atoms with Crippen molar-refractivity contribution in [1.82, 2.24) is 15.5 Å². The number of carbonyl (C=O) groups excluding carboxylic acids is 2. The molecule has 3 aromatic rings. The number of nitrogens with one attached hydrogen (secondary N) is 1. The molecule has 0 atom stereocenters. The Morgan fingerprint density at radius 2 is 1.34 bits per heavy atom. The number of carbonyl (C=O) groups is 2. The number of nitrogens with zero attached hydrogens (tertiary/aromatic N) is 2. The maximum absolute atomic E-state index is 13.6. The van der Waals surface area contributed by atoms with Crippen LogP contribution in [0.25, 0.3) is 17.7 Å². The van der Waals surface area contributed by atoms with Crippen LogP contribution in [-0.2, 0) is 27.0 Å². The molecule has 2 aliphatic carbocycles. The predicted molar refractivity (Wildman–Crippen MR) is 159 cm³/mol. The second-order valence-electron chi connectivity index (χ2n) is 8.79. The molecule has 0 fully saturated rings. The second-order valence-corrected chi connectivity index (χ2v) is 16.2. The molecule has 2 heterocycles. The third kappa shape index (κ3) is 8.25. The van der Waals surface area contributed by atoms with Crippen LogP contribution in [0.5, 0.6) is 0 Å². The second kappa shape index (κ2) is 13.2. The van der Waals surface area contributed by atoms with Crippen LogP contribution >= 0.6 is 62.1 Å². The van der Waals surface area contributed by atoms with Gasteiger partial charge in [0.2, 0.25) is 5.91 Å². The monoisotopic (exact) mass is 675 g/mol. The Hall–Kier alpha value is -2.58. The molecule has 1 amide bonds. The van der Waals surface area contributed by atoms with Gasteiger partial charge >= 0.3 is 5.20 Å². The number of benzene rings is 2. The summed E-state index contributed by atoms with van der Waals surface area (Å²) in [6, 6.07) is 11.5. The molecular formula is C27H17Cl5F2N3O3P. The maximum Gasteiger partial charge on any atom is 0.339 e. The summed E-state index contributed by atoms with van der Waals surface area (Å²) in [4.78, 5) is 23.0. The minimum absolute atomic E-state index is 0.0147. The molecular weight excluding hydrogens is 661 g/mol. The predicted octanol–water partition coefficient (Wildman–Crippen LogP) is 8.22. The third-order valence-corrected chi connectivity index (χ3v) is 6.56. The summed E-state index contributed by atoms with van der Waals surface area (Å²) in [6.45, 7) is 0.0147. The molecule has 1 aliphatic heterocycles. The van der Waals surface area contributed by atoms with Gasteiger partial charge in [-0.2, -0.15) is 0 Å². The first-order chi connectivity index (χ1) is 19.3. The number of amides is 1. The van der Waals surface area contributed by atoms with Gasteiger partial charge in [0.15, 0.2) is 16.1 Å². The molecule has 0 unspecified atom stereocenters. The van der Waals surface area contributed by atoms with Crippen LogP contribution in [0.2, 0.25) is 10.3 Å². The average molecular weight is 678 g/mol. The fourth-order valence-electron chi connectivity index (χ4n) is 4.38. The van der Waals surface area contributed by atoms with Crippen molar-refractivity contribution in [2.75, 3.05) is 6.54 Å². The smallest absolute Gasteiger partial charge is 0.339 e. The summed E-state index contributed by atoms with van der Waals surface area (Å²) >= 11 is 25.6. The molecule has 0 bridgehead atoms. The largest absolute Gasteiger partial charge is 0.345 e. The van der Waals surface area contributed by atoms with Crippen LogP contribution in [0.15, 0.2) is 59.7 Å². The zero-order chi connectivity index (χ0) is 29.9. The minimum Gasteiger partial charge on any atom is -0.345 e. The molecule has 3 aliphatic rings. The molecule has 6 rings (SSSR count). The first kappa shape index (κ1) is 31.4. The number of rotatable bonds is 2. The van der Waals surface area contributed by atoms with Crippen LogP contribution in [0.4, 0.5) is 8.78 Å². The summed E-state index contributed by atoms with van der Waals surface area (Å²) in [5.74, 6) is -0.932. The van der Waals surface area contributed by atoms with Gasteiger partial charge in [-0.15, -0.1) is 10.2 Å². The minimum atomic E-state index is -3.22. The maximum atomic E-state index is 13.6. The van der Waals surface area contributed by atoms with Crippen LogP contribution < -0.4 is 5.32 Å². The molecule has 1 N–H and O–H groups in total. The van der Waals surface area contributed by atoms with Crippen molar-refractivity contribution >= 4 is 91.5 Å². The van der Waals surface area contributed by atoms with E-state index < -0.39 is 5.20 Å². The molecule has 2 aromatic carbocycles. The van der Waals surface area contributed by atoms with E-state index in [9.17, 15) is 22.9 Å². The van der Waals surface area contributed by atoms with Gasteiger partial charge in [0.05, 0.1) is 6.54 Å². The molecule has 41 heavy (non-hydrogen) atoms. The number of aromatic nitrogens is 2. The first-order valence-electron chi connectivity index (χ1n) is 11.7. The normalized spacial score (nSPS) is 15.2. The molecule has 1 aromatic heterocycles. The van der Waals surface area contributed by atoms with E-state index in [-0.39, 0.29) is 40.2 Å². The summed E-state index contributed by atoms with van der Waals surface area (Å²) in [7, 11) is 0. The highest BCUT2D eigenvalue weighted by atomic mass is 36.0. The Kier molecular flexibility index (Phi) is 10.1. The van der Waals surface area contributed by atoms with E-state index in [2.05, 4.69) is 49.2 Å². The van der Waals surface area contributed by atoms with Gasteiger partial charge in [-0.1, -0.05) is 47.5 Å². The van der Waals surface area contributed by atoms with E-state index in [1.807, 2.05) is 12.1 Å². The SMILES string of the molecule is Fc1cccc2c1C=C(c1cc(Cl)nnc1Cl)C2.O=C1C=C(C2=Cc3c(F)cccc3C2)C(=O)CN1.O=P(Cl)(Cl)Cl. The van der Waals surface area contributed by atoms with Crippen molar-refractivity contribution in [3.8, 4) is 0 Å². The van der Waals surface area contributed by atoms with E-state index in [1.54, 1.807) is 30.4 Å². The van der Waals surface area contributed by atoms with E-state index in [1.165, 1.54) is 18.2 Å². The molecule has 212 valence electrons. The quantitative estimate of drug-likeness (QED) is 0.276. The fourth-order valence-corrected chi connectivity index (χ4v) is 4.74. The first-order valence-corrected chi connectivity index (χ1v) is 16.8. The Labute approximate surface area is 257 Å². The zero-order valence-electron chi connectivity index (χ0n) is 20.6. The standard InChI is InChI=1S/C14H10FNO2.C13H7Cl2FN2.Cl3OP/c15-12-3-1-2-8-4-9(5-10(8)12)11-6-14(18)16-7-13(11)17;14-12-6-10(13(15)18-17-12)8-4-7-2-1-3-11(16)9(7)5-8;1-5(2,3)4/h1-3,5-6H,4,7H2,(H,16,18);1-3,5-6H,4H2;. The average Bonchev–Trinajstić information content (AvgIpc) is 3.53. The number of Topliss-reactive ketones (excluding diaryl/α,β-unsaturated/α-hetero) is 1. The number of halogens is 7. The van der Waals surface area contributed by atoms with Gasteiger partial charge in [0.25, 0.3) is 0 Å². The number of ketones is 1. The van der Waals surface area contributed by atoms with E-state index in [0.29, 0.717) is 35.1 Å². The number of fused-ring (bicyclic) bond motifs is 2. The van der Waals surface area contributed by atoms with Gasteiger partial charge in [0.1, 0.15) is 11.6 Å². The summed E-state index contributed by atoms with van der Waals surface area (Å²) in [5.41, 5.74) is 5.64. The number of hydrogen-bond donors (Lipinski definition) is 1. The van der Waals surface area contributed by atoms with Crippen LogP contribution in [-0.4, -0.2) is 28.4 Å². The number of hydrogen-bond acceptors (Lipinski definition) is 5. The summed E-state index contributed by atoms with van der Waals surface area (Å²) in [6.07, 6.45) is 5.85. The zero-order valence-corrected chi connectivity index (χ0v) is 25.3. The Morgan fingerprint density at radius 1 is 0.805 bits per heavy atom. The topological polar surface area (TPSA) is 89.0 Å². The molecule has 0 radical (unpaired) electrons. The van der Waals surface area contributed by atoms with E-state index >= 15 is 0 Å². The fraction of sp³-hybridized carbons (Fsp3) is 0.111. The molecule has 14 heteroatoms. The van der Waals surface area contributed by atoms with Gasteiger partial charge in [-0.05, 0) is 99.2 Å². The van der Waals surface area contributed by atoms with Gasteiger partial charge in [0, 0.05) is 28.3 Å². The summed E-state index contributed by atoms with van der Waals surface area (Å²) < 4.78 is 36.7.